The highest BCUT2D eigenvalue weighted by Gasteiger charge is 2.13. The standard InChI is InChI=1S/C5Cl2N4/c6-3-2-4(9-1-8-2)11-5(7)10-3. The van der Waals surface area contributed by atoms with Crippen LogP contribution in [0.2, 0.25) is 10.4 Å². The van der Waals surface area contributed by atoms with Gasteiger partial charge in [-0.2, -0.15) is 15.0 Å². The summed E-state index contributed by atoms with van der Waals surface area (Å²) in [6.45, 7) is 0. The van der Waals surface area contributed by atoms with Crippen LogP contribution in [0.15, 0.2) is 9.98 Å². The Morgan fingerprint density at radius 2 is 1.91 bits per heavy atom. The second-order valence-corrected chi connectivity index (χ2v) is 2.48. The fourth-order valence-electron chi connectivity index (χ4n) is 0.688. The monoisotopic (exact) mass is 186 g/mol. The summed E-state index contributed by atoms with van der Waals surface area (Å²) in [5.41, 5.74) is 0.427. The van der Waals surface area contributed by atoms with Crippen LogP contribution in [0, 0.1) is 0 Å². The third-order valence-electron chi connectivity index (χ3n) is 1.11. The van der Waals surface area contributed by atoms with Gasteiger partial charge in [0.25, 0.3) is 0 Å². The molecule has 1 aliphatic heterocycles. The van der Waals surface area contributed by atoms with Crippen LogP contribution in [-0.2, 0) is 0 Å². The number of aromatic nitrogens is 2. The molecule has 2 rings (SSSR count). The highest BCUT2D eigenvalue weighted by Crippen LogP contribution is 2.34. The summed E-state index contributed by atoms with van der Waals surface area (Å²) in [6, 6.07) is 2.36. The number of halogens is 2. The molecule has 0 radical (unpaired) electrons. The highest BCUT2D eigenvalue weighted by atomic mass is 35.5. The molecule has 0 aliphatic carbocycles. The fourth-order valence-corrected chi connectivity index (χ4v) is 1.10. The van der Waals surface area contributed by atoms with Crippen LogP contribution in [-0.4, -0.2) is 16.0 Å². The van der Waals surface area contributed by atoms with E-state index < -0.39 is 0 Å². The third-order valence-corrected chi connectivity index (χ3v) is 1.55. The molecule has 6 heteroatoms. The van der Waals surface area contributed by atoms with Crippen molar-refractivity contribution in [2.24, 2.45) is 9.98 Å². The second-order valence-electron chi connectivity index (χ2n) is 1.78. The van der Waals surface area contributed by atoms with Gasteiger partial charge >= 0.3 is 0 Å². The molecule has 54 valence electrons. The largest absolute Gasteiger partial charge is 0.226 e. The topological polar surface area (TPSA) is 50.5 Å². The summed E-state index contributed by atoms with van der Waals surface area (Å²) in [4.78, 5) is 14.8. The zero-order valence-electron chi connectivity index (χ0n) is 5.04. The van der Waals surface area contributed by atoms with E-state index in [1.165, 1.54) is 0 Å². The van der Waals surface area contributed by atoms with Gasteiger partial charge in [-0.1, -0.05) is 11.6 Å². The second kappa shape index (κ2) is 2.27. The minimum atomic E-state index is 0.0661. The number of aliphatic imine (C=N–C) groups is 2. The van der Waals surface area contributed by atoms with E-state index in [4.69, 9.17) is 23.2 Å². The zero-order valence-corrected chi connectivity index (χ0v) is 6.56. The van der Waals surface area contributed by atoms with Crippen LogP contribution in [0.3, 0.4) is 0 Å². The van der Waals surface area contributed by atoms with Gasteiger partial charge in [0.15, 0.2) is 16.7 Å². The van der Waals surface area contributed by atoms with E-state index in [1.807, 2.05) is 0 Å². The van der Waals surface area contributed by atoms with Crippen LogP contribution in [0.1, 0.15) is 0 Å². The van der Waals surface area contributed by atoms with Gasteiger partial charge in [-0.3, -0.25) is 0 Å². The Balaban J connectivity index is 2.73. The summed E-state index contributed by atoms with van der Waals surface area (Å²) in [6.07, 6.45) is 0. The summed E-state index contributed by atoms with van der Waals surface area (Å²) in [7, 11) is 0. The molecular weight excluding hydrogens is 187 g/mol. The predicted molar refractivity (Wildman–Crippen MR) is 41.2 cm³/mol. The number of nitrogens with zero attached hydrogens (tertiary/aromatic N) is 4. The Morgan fingerprint density at radius 1 is 1.09 bits per heavy atom. The van der Waals surface area contributed by atoms with Crippen molar-refractivity contribution >= 4 is 40.7 Å². The third kappa shape index (κ3) is 1.01. The summed E-state index contributed by atoms with van der Waals surface area (Å²) in [5.74, 6) is 0.370. The van der Waals surface area contributed by atoms with Gasteiger partial charge in [-0.05, 0) is 11.6 Å². The molecule has 0 amide bonds. The lowest BCUT2D eigenvalue weighted by Crippen LogP contribution is -1.81. The lowest BCUT2D eigenvalue weighted by atomic mass is 10.5. The lowest BCUT2D eigenvalue weighted by molar-refractivity contribution is 1.16. The average molecular weight is 187 g/mol. The smallest absolute Gasteiger partial charge is 0.203 e. The molecule has 1 aromatic rings. The Bertz CT molecular complexity index is 380. The Morgan fingerprint density at radius 3 is 2.73 bits per heavy atom. The maximum Gasteiger partial charge on any atom is 0.226 e. The molecule has 1 aromatic heterocycles. The molecule has 2 heterocycles. The van der Waals surface area contributed by atoms with E-state index in [-0.39, 0.29) is 10.4 Å². The van der Waals surface area contributed by atoms with Crippen molar-refractivity contribution < 1.29 is 0 Å². The Hall–Kier alpha value is -0.960. The van der Waals surface area contributed by atoms with Gasteiger partial charge in [0, 0.05) is 0 Å². The maximum atomic E-state index is 5.65. The molecule has 0 saturated heterocycles. The molecule has 0 saturated carbocycles. The van der Waals surface area contributed by atoms with E-state index >= 15 is 0 Å². The van der Waals surface area contributed by atoms with Gasteiger partial charge in [0.05, 0.1) is 0 Å². The predicted octanol–water partition coefficient (Wildman–Crippen LogP) is 2.23. The van der Waals surface area contributed by atoms with Crippen molar-refractivity contribution in [2.45, 2.75) is 0 Å². The normalized spacial score (nSPS) is 12.2. The first kappa shape index (κ1) is 6.73. The van der Waals surface area contributed by atoms with Crippen LogP contribution in [0.4, 0.5) is 11.5 Å². The van der Waals surface area contributed by atoms with Crippen LogP contribution < -0.4 is 0 Å². The Kier molecular flexibility index (Phi) is 1.39. The average Bonchev–Trinajstić information content (AvgIpc) is 2.34. The van der Waals surface area contributed by atoms with E-state index in [0.29, 0.717) is 11.5 Å². The van der Waals surface area contributed by atoms with Crippen molar-refractivity contribution in [1.82, 2.24) is 9.97 Å². The molecule has 1 aliphatic rings. The number of hydrogen-bond acceptors (Lipinski definition) is 4. The van der Waals surface area contributed by atoms with Crippen LogP contribution in [0.5, 0.6) is 0 Å². The highest BCUT2D eigenvalue weighted by molar-refractivity contribution is 6.34. The van der Waals surface area contributed by atoms with Crippen molar-refractivity contribution in [3.63, 3.8) is 0 Å². The minimum absolute atomic E-state index is 0.0661. The molecule has 0 aromatic carbocycles. The molecule has 0 unspecified atom stereocenters. The molecule has 0 atom stereocenters. The van der Waals surface area contributed by atoms with Crippen molar-refractivity contribution in [3.8, 4) is 0 Å². The summed E-state index contributed by atoms with van der Waals surface area (Å²) >= 11 is 11.1. The Labute approximate surface area is 71.6 Å². The van der Waals surface area contributed by atoms with Gasteiger partial charge in [-0.15, -0.1) is 0 Å². The molecule has 0 N–H and O–H groups in total. The quantitative estimate of drug-likeness (QED) is 0.468. The SMILES string of the molecule is Clc1nc(Cl)c2c(n1)N=C=N2. The summed E-state index contributed by atoms with van der Waals surface area (Å²) < 4.78 is 0. The summed E-state index contributed by atoms with van der Waals surface area (Å²) in [5, 5.41) is 0.269. The number of rotatable bonds is 0. The first-order valence-corrected chi connectivity index (χ1v) is 3.42. The molecule has 0 fully saturated rings. The van der Waals surface area contributed by atoms with Gasteiger partial charge in [0.2, 0.25) is 5.28 Å². The van der Waals surface area contributed by atoms with Crippen LogP contribution >= 0.6 is 23.2 Å². The molecule has 4 nitrogen and oxygen atoms in total. The number of hydrogen-bond donors (Lipinski definition) is 0. The van der Waals surface area contributed by atoms with Gasteiger partial charge in [-0.25, -0.2) is 4.98 Å². The number of fused-ring (bicyclic) bond motifs is 1. The van der Waals surface area contributed by atoms with E-state index in [1.54, 1.807) is 0 Å². The van der Waals surface area contributed by atoms with Crippen molar-refractivity contribution in [2.75, 3.05) is 0 Å². The van der Waals surface area contributed by atoms with E-state index in [2.05, 4.69) is 26.0 Å². The molecule has 0 spiro atoms. The fraction of sp³-hybridized carbons (Fsp3) is 0. The maximum absolute atomic E-state index is 5.65. The van der Waals surface area contributed by atoms with E-state index in [9.17, 15) is 0 Å². The lowest BCUT2D eigenvalue weighted by Gasteiger charge is -1.94. The van der Waals surface area contributed by atoms with Crippen molar-refractivity contribution in [1.29, 1.82) is 0 Å². The molecular formula is C5Cl2N4. The molecule has 11 heavy (non-hydrogen) atoms. The molecule has 0 bridgehead atoms. The first-order valence-electron chi connectivity index (χ1n) is 2.67. The van der Waals surface area contributed by atoms with Gasteiger partial charge < -0.3 is 0 Å². The first-order chi connectivity index (χ1) is 5.27. The van der Waals surface area contributed by atoms with Crippen molar-refractivity contribution in [3.05, 3.63) is 10.4 Å². The minimum Gasteiger partial charge on any atom is -0.203 e. The van der Waals surface area contributed by atoms with Crippen LogP contribution in [0.25, 0.3) is 0 Å². The zero-order chi connectivity index (χ0) is 7.84. The van der Waals surface area contributed by atoms with E-state index in [0.717, 1.165) is 0 Å². The van der Waals surface area contributed by atoms with Gasteiger partial charge in [0.1, 0.15) is 6.01 Å².